The van der Waals surface area contributed by atoms with E-state index in [1.54, 1.807) is 24.3 Å². The highest BCUT2D eigenvalue weighted by Gasteiger charge is 2.15. The first kappa shape index (κ1) is 25.6. The normalized spacial score (nSPS) is 10.7. The maximum absolute atomic E-state index is 12.7. The molecule has 0 aliphatic rings. The van der Waals surface area contributed by atoms with Crippen molar-refractivity contribution in [3.05, 3.63) is 93.0 Å². The van der Waals surface area contributed by atoms with Gasteiger partial charge >= 0.3 is 0 Å². The Morgan fingerprint density at radius 2 is 1.80 bits per heavy atom. The van der Waals surface area contributed by atoms with E-state index in [0.29, 0.717) is 39.4 Å². The second-order valence-corrected chi connectivity index (χ2v) is 8.35. The molecule has 1 amide bonds. The minimum Gasteiger partial charge on any atom is -0.490 e. The summed E-state index contributed by atoms with van der Waals surface area (Å²) in [5.74, 6) is 0.422. The molecule has 0 saturated heterocycles. The number of amides is 1. The quantitative estimate of drug-likeness (QED) is 0.255. The maximum atomic E-state index is 12.7. The smallest absolute Gasteiger partial charge is 0.266 e. The maximum Gasteiger partial charge on any atom is 0.266 e. The number of carbonyl (C=O) groups excluding carboxylic acids is 1. The molecular formula is C28H24BrN3O3. The molecule has 3 aromatic carbocycles. The summed E-state index contributed by atoms with van der Waals surface area (Å²) in [5, 5.41) is 21.7. The zero-order valence-corrected chi connectivity index (χ0v) is 21.1. The Balaban J connectivity index is 1.84. The van der Waals surface area contributed by atoms with Gasteiger partial charge < -0.3 is 14.8 Å². The monoisotopic (exact) mass is 529 g/mol. The van der Waals surface area contributed by atoms with E-state index in [4.69, 9.17) is 9.47 Å². The number of hydrogen-bond acceptors (Lipinski definition) is 5. The summed E-state index contributed by atoms with van der Waals surface area (Å²) in [6.07, 6.45) is 2.40. The van der Waals surface area contributed by atoms with Crippen LogP contribution >= 0.6 is 15.9 Å². The second-order valence-electron chi connectivity index (χ2n) is 7.50. The van der Waals surface area contributed by atoms with Crippen molar-refractivity contribution < 1.29 is 14.3 Å². The van der Waals surface area contributed by atoms with Gasteiger partial charge in [-0.05, 0) is 76.8 Å². The first-order valence-corrected chi connectivity index (χ1v) is 11.9. The molecule has 0 saturated carbocycles. The summed E-state index contributed by atoms with van der Waals surface area (Å²) in [6, 6.07) is 22.3. The number of anilines is 1. The van der Waals surface area contributed by atoms with Crippen LogP contribution in [0.15, 0.2) is 70.7 Å². The molecule has 0 spiro atoms. The molecule has 176 valence electrons. The van der Waals surface area contributed by atoms with Gasteiger partial charge in [-0.25, -0.2) is 0 Å². The SMILES string of the molecule is CCOc1cc(/C=C(\C#N)C(=O)Nc2ccc(CC)cc2)cc(Br)c1OCc1ccccc1C#N. The third-order valence-electron chi connectivity index (χ3n) is 5.14. The number of ether oxygens (including phenoxy) is 2. The second kappa shape index (κ2) is 12.4. The van der Waals surface area contributed by atoms with Crippen LogP contribution in [0.25, 0.3) is 6.08 Å². The van der Waals surface area contributed by atoms with Crippen LogP contribution in [0.4, 0.5) is 5.69 Å². The molecule has 0 bridgehead atoms. The fourth-order valence-corrected chi connectivity index (χ4v) is 3.89. The minimum absolute atomic E-state index is 0.0458. The Hall–Kier alpha value is -4.07. The first-order valence-electron chi connectivity index (χ1n) is 11.1. The van der Waals surface area contributed by atoms with Gasteiger partial charge in [0.05, 0.1) is 22.7 Å². The predicted octanol–water partition coefficient (Wildman–Crippen LogP) is 6.41. The standard InChI is InChI=1S/C28H24BrN3O3/c1-3-19-9-11-24(12-10-19)32-28(33)23(17-31)13-20-14-25(29)27(26(15-20)34-4-2)35-18-22-8-6-5-7-21(22)16-30/h5-15H,3-4,18H2,1-2H3,(H,32,33)/b23-13+. The third-order valence-corrected chi connectivity index (χ3v) is 5.73. The fraction of sp³-hybridized carbons (Fsp3) is 0.179. The van der Waals surface area contributed by atoms with E-state index < -0.39 is 5.91 Å². The number of aryl methyl sites for hydroxylation is 1. The van der Waals surface area contributed by atoms with Crippen molar-refractivity contribution in [3.63, 3.8) is 0 Å². The molecule has 6 nitrogen and oxygen atoms in total. The molecule has 1 N–H and O–H groups in total. The van der Waals surface area contributed by atoms with Crippen molar-refractivity contribution >= 4 is 33.6 Å². The largest absolute Gasteiger partial charge is 0.490 e. The Labute approximate surface area is 213 Å². The van der Waals surface area contributed by atoms with Gasteiger partial charge in [0.15, 0.2) is 11.5 Å². The van der Waals surface area contributed by atoms with Crippen molar-refractivity contribution in [2.75, 3.05) is 11.9 Å². The molecule has 35 heavy (non-hydrogen) atoms. The lowest BCUT2D eigenvalue weighted by atomic mass is 10.1. The van der Waals surface area contributed by atoms with Crippen molar-refractivity contribution in [2.24, 2.45) is 0 Å². The van der Waals surface area contributed by atoms with Gasteiger partial charge in [0.2, 0.25) is 0 Å². The first-order chi connectivity index (χ1) is 17.0. The summed E-state index contributed by atoms with van der Waals surface area (Å²) in [5.41, 5.74) is 3.62. The lowest BCUT2D eigenvalue weighted by molar-refractivity contribution is -0.112. The van der Waals surface area contributed by atoms with E-state index in [1.807, 2.05) is 49.4 Å². The molecule has 7 heteroatoms. The number of nitrogens with one attached hydrogen (secondary N) is 1. The highest BCUT2D eigenvalue weighted by molar-refractivity contribution is 9.10. The summed E-state index contributed by atoms with van der Waals surface area (Å²) in [4.78, 5) is 12.7. The van der Waals surface area contributed by atoms with Gasteiger partial charge in [0.25, 0.3) is 5.91 Å². The summed E-state index contributed by atoms with van der Waals surface area (Å²) >= 11 is 3.51. The van der Waals surface area contributed by atoms with Gasteiger partial charge in [0, 0.05) is 11.3 Å². The van der Waals surface area contributed by atoms with Crippen molar-refractivity contribution in [1.29, 1.82) is 10.5 Å². The molecule has 0 heterocycles. The Bertz CT molecular complexity index is 1320. The molecule has 3 aromatic rings. The van der Waals surface area contributed by atoms with Crippen LogP contribution in [0.2, 0.25) is 0 Å². The molecule has 0 aliphatic carbocycles. The number of nitrogens with zero attached hydrogens (tertiary/aromatic N) is 2. The van der Waals surface area contributed by atoms with Crippen LogP contribution in [0, 0.1) is 22.7 Å². The van der Waals surface area contributed by atoms with Crippen LogP contribution < -0.4 is 14.8 Å². The highest BCUT2D eigenvalue weighted by Crippen LogP contribution is 2.38. The molecule has 0 atom stereocenters. The van der Waals surface area contributed by atoms with Crippen LogP contribution in [0.3, 0.4) is 0 Å². The van der Waals surface area contributed by atoms with Crippen LogP contribution in [0.1, 0.15) is 36.1 Å². The third kappa shape index (κ3) is 6.72. The molecule has 3 rings (SSSR count). The predicted molar refractivity (Wildman–Crippen MR) is 139 cm³/mol. The molecule has 0 unspecified atom stereocenters. The van der Waals surface area contributed by atoms with Gasteiger partial charge in [-0.3, -0.25) is 4.79 Å². The fourth-order valence-electron chi connectivity index (χ4n) is 3.32. The minimum atomic E-state index is -0.501. The number of hydrogen-bond donors (Lipinski definition) is 1. The average molecular weight is 530 g/mol. The molecule has 0 aliphatic heterocycles. The average Bonchev–Trinajstić information content (AvgIpc) is 2.87. The van der Waals surface area contributed by atoms with Crippen molar-refractivity contribution in [3.8, 4) is 23.6 Å². The summed E-state index contributed by atoms with van der Waals surface area (Å²) < 4.78 is 12.4. The van der Waals surface area contributed by atoms with Gasteiger partial charge in [-0.2, -0.15) is 10.5 Å². The van der Waals surface area contributed by atoms with Crippen LogP contribution in [-0.2, 0) is 17.8 Å². The van der Waals surface area contributed by atoms with Crippen molar-refractivity contribution in [1.82, 2.24) is 0 Å². The lowest BCUT2D eigenvalue weighted by Gasteiger charge is -2.15. The number of benzene rings is 3. The van der Waals surface area contributed by atoms with E-state index in [1.165, 1.54) is 6.08 Å². The number of carbonyl (C=O) groups is 1. The number of rotatable bonds is 9. The Morgan fingerprint density at radius 1 is 1.06 bits per heavy atom. The number of halogens is 1. The molecular weight excluding hydrogens is 506 g/mol. The van der Waals surface area contributed by atoms with Crippen LogP contribution in [0.5, 0.6) is 11.5 Å². The number of nitriles is 2. The summed E-state index contributed by atoms with van der Waals surface area (Å²) in [7, 11) is 0. The topological polar surface area (TPSA) is 95.1 Å². The van der Waals surface area contributed by atoms with E-state index in [-0.39, 0.29) is 12.2 Å². The van der Waals surface area contributed by atoms with Gasteiger partial charge in [0.1, 0.15) is 18.2 Å². The zero-order chi connectivity index (χ0) is 25.2. The van der Waals surface area contributed by atoms with Gasteiger partial charge in [-0.15, -0.1) is 0 Å². The highest BCUT2D eigenvalue weighted by atomic mass is 79.9. The van der Waals surface area contributed by atoms with E-state index in [0.717, 1.165) is 17.5 Å². The molecule has 0 radical (unpaired) electrons. The lowest BCUT2D eigenvalue weighted by Crippen LogP contribution is -2.13. The molecule has 0 aromatic heterocycles. The zero-order valence-electron chi connectivity index (χ0n) is 19.5. The molecule has 0 fully saturated rings. The summed E-state index contributed by atoms with van der Waals surface area (Å²) in [6.45, 7) is 4.48. The van der Waals surface area contributed by atoms with Crippen LogP contribution in [-0.4, -0.2) is 12.5 Å². The van der Waals surface area contributed by atoms with E-state index in [9.17, 15) is 15.3 Å². The van der Waals surface area contributed by atoms with E-state index >= 15 is 0 Å². The van der Waals surface area contributed by atoms with E-state index in [2.05, 4.69) is 34.2 Å². The van der Waals surface area contributed by atoms with Crippen molar-refractivity contribution in [2.45, 2.75) is 26.9 Å². The Morgan fingerprint density at radius 3 is 2.46 bits per heavy atom. The Kier molecular flexibility index (Phi) is 9.06. The van der Waals surface area contributed by atoms with Gasteiger partial charge in [-0.1, -0.05) is 37.3 Å².